The highest BCUT2D eigenvalue weighted by molar-refractivity contribution is 7.89. The van der Waals surface area contributed by atoms with E-state index < -0.39 is 33.1 Å². The number of halogens is 2. The van der Waals surface area contributed by atoms with E-state index in [9.17, 15) is 22.0 Å². The van der Waals surface area contributed by atoms with E-state index in [0.717, 1.165) is 18.2 Å². The first kappa shape index (κ1) is 23.4. The summed E-state index contributed by atoms with van der Waals surface area (Å²) in [6.07, 6.45) is 0. The van der Waals surface area contributed by atoms with Gasteiger partial charge in [0.1, 0.15) is 17.4 Å². The summed E-state index contributed by atoms with van der Waals surface area (Å²) in [6.45, 7) is 3.95. The second-order valence-corrected chi connectivity index (χ2v) is 8.68. The molecule has 0 atom stereocenters. The number of nitrogens with zero attached hydrogens (tertiary/aromatic N) is 1. The molecule has 0 unspecified atom stereocenters. The lowest BCUT2D eigenvalue weighted by Gasteiger charge is -2.20. The van der Waals surface area contributed by atoms with Gasteiger partial charge < -0.3 is 10.1 Å². The Morgan fingerprint density at radius 3 is 2.31 bits per heavy atom. The van der Waals surface area contributed by atoms with E-state index in [0.29, 0.717) is 5.75 Å². The summed E-state index contributed by atoms with van der Waals surface area (Å²) < 4.78 is 60.5. The minimum absolute atomic E-state index is 0.00394. The van der Waals surface area contributed by atoms with E-state index in [1.165, 1.54) is 22.5 Å². The molecule has 0 bridgehead atoms. The summed E-state index contributed by atoms with van der Waals surface area (Å²) >= 11 is 0. The highest BCUT2D eigenvalue weighted by Crippen LogP contribution is 2.33. The molecule has 3 rings (SSSR count). The summed E-state index contributed by atoms with van der Waals surface area (Å²) in [5.41, 5.74) is -0.525. The molecule has 0 fully saturated rings. The molecule has 0 aromatic heterocycles. The first-order chi connectivity index (χ1) is 15.3. The van der Waals surface area contributed by atoms with E-state index in [1.807, 2.05) is 0 Å². The fraction of sp³-hybridized carbons (Fsp3) is 0.174. The lowest BCUT2D eigenvalue weighted by atomic mass is 10.2. The van der Waals surface area contributed by atoms with Crippen LogP contribution in [0, 0.1) is 11.6 Å². The maximum atomic E-state index is 14.1. The van der Waals surface area contributed by atoms with Crippen LogP contribution in [0.3, 0.4) is 0 Å². The number of carbonyl (C=O) groups excluding carboxylic acids is 1. The van der Waals surface area contributed by atoms with Gasteiger partial charge in [0.15, 0.2) is 5.75 Å². The number of amides is 1. The molecule has 1 N–H and O–H groups in total. The number of ether oxygens (including phenoxy) is 1. The average molecular weight is 461 g/mol. The zero-order valence-electron chi connectivity index (χ0n) is 17.5. The second-order valence-electron chi connectivity index (χ2n) is 6.74. The number of sulfonamides is 1. The third-order valence-electron chi connectivity index (χ3n) is 4.69. The van der Waals surface area contributed by atoms with Gasteiger partial charge in [0, 0.05) is 13.1 Å². The van der Waals surface area contributed by atoms with Gasteiger partial charge in [-0.2, -0.15) is 4.31 Å². The molecule has 32 heavy (non-hydrogen) atoms. The molecule has 9 heteroatoms. The molecule has 0 aliphatic heterocycles. The largest absolute Gasteiger partial charge is 0.455 e. The zero-order chi connectivity index (χ0) is 23.3. The monoisotopic (exact) mass is 460 g/mol. The van der Waals surface area contributed by atoms with E-state index in [1.54, 1.807) is 44.2 Å². The molecule has 168 valence electrons. The Labute approximate surface area is 185 Å². The number of anilines is 1. The minimum Gasteiger partial charge on any atom is -0.455 e. The zero-order valence-corrected chi connectivity index (χ0v) is 18.3. The summed E-state index contributed by atoms with van der Waals surface area (Å²) in [5.74, 6) is -2.06. The number of carbonyl (C=O) groups is 1. The summed E-state index contributed by atoms with van der Waals surface area (Å²) in [5, 5.41) is 2.45. The standard InChI is InChI=1S/C23H22F2N2O4S/c1-3-27(4-2)32(29,30)18-11-13-22(31-17-8-6-5-7-9-17)21(15-18)26-23(28)19-14-16(24)10-12-20(19)25/h5-15H,3-4H2,1-2H3,(H,26,28). The quantitative estimate of drug-likeness (QED) is 0.511. The van der Waals surface area contributed by atoms with Crippen molar-refractivity contribution in [3.63, 3.8) is 0 Å². The maximum Gasteiger partial charge on any atom is 0.258 e. The number of nitrogens with one attached hydrogen (secondary N) is 1. The SMILES string of the molecule is CCN(CC)S(=O)(=O)c1ccc(Oc2ccccc2)c(NC(=O)c2cc(F)ccc2F)c1. The van der Waals surface area contributed by atoms with Gasteiger partial charge in [-0.15, -0.1) is 0 Å². The molecule has 3 aromatic rings. The van der Waals surface area contributed by atoms with Crippen LogP contribution < -0.4 is 10.1 Å². The van der Waals surface area contributed by atoms with Crippen molar-refractivity contribution in [1.82, 2.24) is 4.31 Å². The van der Waals surface area contributed by atoms with E-state index in [2.05, 4.69) is 5.32 Å². The normalized spacial score (nSPS) is 11.4. The van der Waals surface area contributed by atoms with Crippen molar-refractivity contribution in [2.45, 2.75) is 18.7 Å². The van der Waals surface area contributed by atoms with Crippen LogP contribution in [-0.2, 0) is 10.0 Å². The molecule has 0 saturated heterocycles. The van der Waals surface area contributed by atoms with Crippen LogP contribution in [0.25, 0.3) is 0 Å². The summed E-state index contributed by atoms with van der Waals surface area (Å²) in [6, 6.07) is 15.1. The van der Waals surface area contributed by atoms with E-state index in [-0.39, 0.29) is 29.4 Å². The van der Waals surface area contributed by atoms with Crippen LogP contribution in [0.4, 0.5) is 14.5 Å². The number of hydrogen-bond acceptors (Lipinski definition) is 4. The van der Waals surface area contributed by atoms with Gasteiger partial charge in [0.25, 0.3) is 5.91 Å². The van der Waals surface area contributed by atoms with Gasteiger partial charge in [-0.05, 0) is 48.5 Å². The highest BCUT2D eigenvalue weighted by atomic mass is 32.2. The van der Waals surface area contributed by atoms with Crippen molar-refractivity contribution in [3.05, 3.63) is 83.9 Å². The Bertz CT molecular complexity index is 1210. The molecular weight excluding hydrogens is 438 g/mol. The topological polar surface area (TPSA) is 75.7 Å². The van der Waals surface area contributed by atoms with Crippen molar-refractivity contribution in [2.24, 2.45) is 0 Å². The van der Waals surface area contributed by atoms with Gasteiger partial charge >= 0.3 is 0 Å². The Hall–Kier alpha value is -3.30. The average Bonchev–Trinajstić information content (AvgIpc) is 2.77. The maximum absolute atomic E-state index is 14.1. The number of para-hydroxylation sites is 1. The first-order valence-corrected chi connectivity index (χ1v) is 11.3. The van der Waals surface area contributed by atoms with Crippen molar-refractivity contribution < 1.29 is 26.7 Å². The van der Waals surface area contributed by atoms with Crippen molar-refractivity contribution in [1.29, 1.82) is 0 Å². The lowest BCUT2D eigenvalue weighted by molar-refractivity contribution is 0.102. The van der Waals surface area contributed by atoms with Crippen LogP contribution in [0.1, 0.15) is 24.2 Å². The fourth-order valence-electron chi connectivity index (χ4n) is 3.05. The third kappa shape index (κ3) is 5.12. The molecule has 0 radical (unpaired) electrons. The molecular formula is C23H22F2N2O4S. The first-order valence-electron chi connectivity index (χ1n) is 9.89. The Kier molecular flexibility index (Phi) is 7.22. The third-order valence-corrected chi connectivity index (χ3v) is 6.73. The van der Waals surface area contributed by atoms with Gasteiger partial charge in [-0.3, -0.25) is 4.79 Å². The predicted octanol–water partition coefficient (Wildman–Crippen LogP) is 5.04. The lowest BCUT2D eigenvalue weighted by Crippen LogP contribution is -2.30. The van der Waals surface area contributed by atoms with Crippen LogP contribution in [0.15, 0.2) is 71.6 Å². The smallest absolute Gasteiger partial charge is 0.258 e. The molecule has 0 spiro atoms. The Morgan fingerprint density at radius 2 is 1.66 bits per heavy atom. The molecule has 6 nitrogen and oxygen atoms in total. The van der Waals surface area contributed by atoms with Gasteiger partial charge in [-0.25, -0.2) is 17.2 Å². The van der Waals surface area contributed by atoms with Crippen LogP contribution in [0.2, 0.25) is 0 Å². The number of rotatable bonds is 8. The number of hydrogen-bond donors (Lipinski definition) is 1. The predicted molar refractivity (Wildman–Crippen MR) is 117 cm³/mol. The summed E-state index contributed by atoms with van der Waals surface area (Å²) in [4.78, 5) is 12.6. The molecule has 1 amide bonds. The number of benzene rings is 3. The highest BCUT2D eigenvalue weighted by Gasteiger charge is 2.24. The molecule has 0 aliphatic carbocycles. The van der Waals surface area contributed by atoms with Crippen LogP contribution in [-0.4, -0.2) is 31.7 Å². The van der Waals surface area contributed by atoms with Crippen molar-refractivity contribution >= 4 is 21.6 Å². The van der Waals surface area contributed by atoms with Gasteiger partial charge in [0.05, 0.1) is 16.1 Å². The molecule has 0 aliphatic rings. The fourth-order valence-corrected chi connectivity index (χ4v) is 4.53. The van der Waals surface area contributed by atoms with Gasteiger partial charge in [0.2, 0.25) is 10.0 Å². The summed E-state index contributed by atoms with van der Waals surface area (Å²) in [7, 11) is -3.84. The van der Waals surface area contributed by atoms with Crippen LogP contribution >= 0.6 is 0 Å². The molecule has 3 aromatic carbocycles. The van der Waals surface area contributed by atoms with Crippen molar-refractivity contribution in [3.8, 4) is 11.5 Å². The van der Waals surface area contributed by atoms with E-state index in [4.69, 9.17) is 4.74 Å². The van der Waals surface area contributed by atoms with Gasteiger partial charge in [-0.1, -0.05) is 32.0 Å². The minimum atomic E-state index is -3.84. The molecule has 0 heterocycles. The van der Waals surface area contributed by atoms with Crippen molar-refractivity contribution in [2.75, 3.05) is 18.4 Å². The Balaban J connectivity index is 2.05. The van der Waals surface area contributed by atoms with E-state index >= 15 is 0 Å². The van der Waals surface area contributed by atoms with Crippen LogP contribution in [0.5, 0.6) is 11.5 Å². The Morgan fingerprint density at radius 1 is 0.969 bits per heavy atom. The second kappa shape index (κ2) is 9.88. The molecule has 0 saturated carbocycles.